The second kappa shape index (κ2) is 7.70. The summed E-state index contributed by atoms with van der Waals surface area (Å²) >= 11 is 0. The number of aromatic hydroxyl groups is 1. The first-order valence-corrected chi connectivity index (χ1v) is 8.88. The standard InChI is InChI=1S/C21H23NO5/c1-13-12-18(21(25)26-3)17-6-4-5-7-19(17)22(13)20(24)14(2)27-16-10-8-15(23)9-11-16/h4-11,13-14,18,23H,12H2,1-3H3. The smallest absolute Gasteiger partial charge is 0.313 e. The van der Waals surface area contributed by atoms with Gasteiger partial charge in [-0.1, -0.05) is 18.2 Å². The van der Waals surface area contributed by atoms with Gasteiger partial charge in [0.2, 0.25) is 0 Å². The zero-order valence-corrected chi connectivity index (χ0v) is 15.6. The Kier molecular flexibility index (Phi) is 5.35. The fourth-order valence-corrected chi connectivity index (χ4v) is 3.49. The largest absolute Gasteiger partial charge is 0.508 e. The predicted molar refractivity (Wildman–Crippen MR) is 101 cm³/mol. The summed E-state index contributed by atoms with van der Waals surface area (Å²) in [6, 6.07) is 13.4. The van der Waals surface area contributed by atoms with Crippen LogP contribution in [0.3, 0.4) is 0 Å². The number of para-hydroxylation sites is 1. The number of hydrogen-bond donors (Lipinski definition) is 1. The number of ether oxygens (including phenoxy) is 2. The van der Waals surface area contributed by atoms with E-state index in [1.54, 1.807) is 24.0 Å². The van der Waals surface area contributed by atoms with Crippen LogP contribution in [0.5, 0.6) is 11.5 Å². The minimum Gasteiger partial charge on any atom is -0.508 e. The number of carbonyl (C=O) groups excluding carboxylic acids is 2. The van der Waals surface area contributed by atoms with Gasteiger partial charge in [-0.15, -0.1) is 0 Å². The van der Waals surface area contributed by atoms with Gasteiger partial charge in [-0.25, -0.2) is 0 Å². The van der Waals surface area contributed by atoms with Crippen molar-refractivity contribution >= 4 is 17.6 Å². The Morgan fingerprint density at radius 1 is 1.15 bits per heavy atom. The van der Waals surface area contributed by atoms with Crippen LogP contribution in [-0.2, 0) is 14.3 Å². The monoisotopic (exact) mass is 369 g/mol. The average molecular weight is 369 g/mol. The number of phenols is 1. The number of hydrogen-bond acceptors (Lipinski definition) is 5. The Morgan fingerprint density at radius 2 is 1.81 bits per heavy atom. The van der Waals surface area contributed by atoms with Crippen LogP contribution < -0.4 is 9.64 Å². The molecule has 0 aromatic heterocycles. The van der Waals surface area contributed by atoms with Crippen LogP contribution in [0.15, 0.2) is 48.5 Å². The highest BCUT2D eigenvalue weighted by atomic mass is 16.5. The summed E-state index contributed by atoms with van der Waals surface area (Å²) in [6.07, 6.45) is -0.235. The van der Waals surface area contributed by atoms with Gasteiger partial charge in [-0.2, -0.15) is 0 Å². The number of carbonyl (C=O) groups is 2. The first-order valence-electron chi connectivity index (χ1n) is 8.88. The molecule has 3 rings (SSSR count). The summed E-state index contributed by atoms with van der Waals surface area (Å²) in [4.78, 5) is 27.0. The maximum atomic E-state index is 13.1. The molecular weight excluding hydrogens is 346 g/mol. The molecule has 0 radical (unpaired) electrons. The third-order valence-electron chi connectivity index (χ3n) is 4.81. The van der Waals surface area contributed by atoms with Gasteiger partial charge in [0.15, 0.2) is 6.10 Å². The quantitative estimate of drug-likeness (QED) is 0.838. The molecular formula is C21H23NO5. The normalized spacial score (nSPS) is 19.7. The van der Waals surface area contributed by atoms with Gasteiger partial charge in [-0.05, 0) is 56.2 Å². The molecule has 1 heterocycles. The Bertz CT molecular complexity index is 833. The number of fused-ring (bicyclic) bond motifs is 1. The zero-order valence-electron chi connectivity index (χ0n) is 15.6. The van der Waals surface area contributed by atoms with Crippen LogP contribution in [0.25, 0.3) is 0 Å². The lowest BCUT2D eigenvalue weighted by molar-refractivity contribution is -0.143. The van der Waals surface area contributed by atoms with Crippen molar-refractivity contribution in [2.24, 2.45) is 0 Å². The topological polar surface area (TPSA) is 76.1 Å². The van der Waals surface area contributed by atoms with Crippen LogP contribution in [0.4, 0.5) is 5.69 Å². The molecule has 0 bridgehead atoms. The fraction of sp³-hybridized carbons (Fsp3) is 0.333. The molecule has 27 heavy (non-hydrogen) atoms. The Labute approximate surface area is 158 Å². The van der Waals surface area contributed by atoms with Crippen molar-refractivity contribution in [3.05, 3.63) is 54.1 Å². The van der Waals surface area contributed by atoms with Crippen LogP contribution >= 0.6 is 0 Å². The maximum Gasteiger partial charge on any atom is 0.313 e. The van der Waals surface area contributed by atoms with E-state index in [0.717, 1.165) is 5.56 Å². The number of rotatable bonds is 4. The van der Waals surface area contributed by atoms with E-state index in [2.05, 4.69) is 0 Å². The number of amides is 1. The Hall–Kier alpha value is -3.02. The first kappa shape index (κ1) is 18.8. The average Bonchev–Trinajstić information content (AvgIpc) is 2.68. The van der Waals surface area contributed by atoms with Gasteiger partial charge in [0.1, 0.15) is 11.5 Å². The van der Waals surface area contributed by atoms with Crippen molar-refractivity contribution < 1.29 is 24.2 Å². The summed E-state index contributed by atoms with van der Waals surface area (Å²) in [5.74, 6) is -0.243. The van der Waals surface area contributed by atoms with Gasteiger partial charge >= 0.3 is 5.97 Å². The van der Waals surface area contributed by atoms with E-state index in [1.165, 1.54) is 19.2 Å². The third-order valence-corrected chi connectivity index (χ3v) is 4.81. The summed E-state index contributed by atoms with van der Waals surface area (Å²) in [6.45, 7) is 3.61. The van der Waals surface area contributed by atoms with Crippen LogP contribution in [0, 0.1) is 0 Å². The van der Waals surface area contributed by atoms with E-state index in [1.807, 2.05) is 31.2 Å². The molecule has 3 unspecified atom stereocenters. The minimum absolute atomic E-state index is 0.133. The molecule has 0 saturated carbocycles. The van der Waals surface area contributed by atoms with E-state index in [4.69, 9.17) is 9.47 Å². The van der Waals surface area contributed by atoms with E-state index < -0.39 is 12.0 Å². The number of phenolic OH excluding ortho intramolecular Hbond substituents is 1. The molecule has 1 aliphatic heterocycles. The van der Waals surface area contributed by atoms with Crippen molar-refractivity contribution in [2.45, 2.75) is 38.3 Å². The fourth-order valence-electron chi connectivity index (χ4n) is 3.49. The summed E-state index contributed by atoms with van der Waals surface area (Å²) in [5.41, 5.74) is 1.49. The van der Waals surface area contributed by atoms with Crippen molar-refractivity contribution in [3.8, 4) is 11.5 Å². The molecule has 0 saturated heterocycles. The summed E-state index contributed by atoms with van der Waals surface area (Å²) in [7, 11) is 1.38. The Morgan fingerprint density at radius 3 is 2.48 bits per heavy atom. The molecule has 2 aromatic rings. The Balaban J connectivity index is 1.87. The molecule has 0 spiro atoms. The highest BCUT2D eigenvalue weighted by molar-refractivity contribution is 5.99. The van der Waals surface area contributed by atoms with E-state index >= 15 is 0 Å². The lowest BCUT2D eigenvalue weighted by atomic mass is 9.85. The number of methoxy groups -OCH3 is 1. The van der Waals surface area contributed by atoms with Crippen molar-refractivity contribution in [2.75, 3.05) is 12.0 Å². The highest BCUT2D eigenvalue weighted by Crippen LogP contribution is 2.39. The van der Waals surface area contributed by atoms with Gasteiger partial charge in [-0.3, -0.25) is 9.59 Å². The highest BCUT2D eigenvalue weighted by Gasteiger charge is 2.39. The molecule has 0 fully saturated rings. The molecule has 0 aliphatic carbocycles. The molecule has 1 aliphatic rings. The zero-order chi connectivity index (χ0) is 19.6. The number of anilines is 1. The molecule has 142 valence electrons. The summed E-state index contributed by atoms with van der Waals surface area (Å²) in [5, 5.41) is 9.37. The van der Waals surface area contributed by atoms with Crippen molar-refractivity contribution in [3.63, 3.8) is 0 Å². The number of esters is 1. The molecule has 2 aromatic carbocycles. The molecule has 3 atom stereocenters. The number of nitrogens with zero attached hydrogens (tertiary/aromatic N) is 1. The van der Waals surface area contributed by atoms with Crippen LogP contribution in [0.2, 0.25) is 0 Å². The molecule has 6 nitrogen and oxygen atoms in total. The van der Waals surface area contributed by atoms with Gasteiger partial charge in [0.05, 0.1) is 13.0 Å². The molecule has 1 amide bonds. The predicted octanol–water partition coefficient (Wildman–Crippen LogP) is 3.24. The van der Waals surface area contributed by atoms with Gasteiger partial charge in [0, 0.05) is 11.7 Å². The van der Waals surface area contributed by atoms with E-state index in [-0.39, 0.29) is 23.7 Å². The second-order valence-electron chi connectivity index (χ2n) is 6.68. The lowest BCUT2D eigenvalue weighted by Gasteiger charge is -2.39. The van der Waals surface area contributed by atoms with Crippen molar-refractivity contribution in [1.29, 1.82) is 0 Å². The summed E-state index contributed by atoms with van der Waals surface area (Å²) < 4.78 is 10.7. The maximum absolute atomic E-state index is 13.1. The van der Waals surface area contributed by atoms with Crippen LogP contribution in [-0.4, -0.2) is 36.2 Å². The SMILES string of the molecule is COC(=O)C1CC(C)N(C(=O)C(C)Oc2ccc(O)cc2)c2ccccc21. The molecule has 6 heteroatoms. The first-order chi connectivity index (χ1) is 12.9. The molecule has 1 N–H and O–H groups in total. The minimum atomic E-state index is -0.722. The van der Waals surface area contributed by atoms with Crippen LogP contribution in [0.1, 0.15) is 31.7 Å². The van der Waals surface area contributed by atoms with E-state index in [9.17, 15) is 14.7 Å². The van der Waals surface area contributed by atoms with E-state index in [0.29, 0.717) is 17.9 Å². The number of benzene rings is 2. The van der Waals surface area contributed by atoms with Gasteiger partial charge < -0.3 is 19.5 Å². The lowest BCUT2D eigenvalue weighted by Crippen LogP contribution is -2.49. The van der Waals surface area contributed by atoms with Crippen molar-refractivity contribution in [1.82, 2.24) is 0 Å². The van der Waals surface area contributed by atoms with Gasteiger partial charge in [0.25, 0.3) is 5.91 Å². The second-order valence-corrected chi connectivity index (χ2v) is 6.68. The third kappa shape index (κ3) is 3.74.